The third-order valence-corrected chi connectivity index (χ3v) is 3.57. The highest BCUT2D eigenvalue weighted by molar-refractivity contribution is 7.99. The van der Waals surface area contributed by atoms with Gasteiger partial charge < -0.3 is 4.74 Å². The number of para-hydroxylation sites is 1. The number of carbonyl (C=O) groups excluding carboxylic acids is 1. The standard InChI is InChI=1S/C14H15NO2S/c1-3-17-13(16)9-18-14-10(2)8-11-6-4-5-7-12(11)15-14/h4-8H,3,9H2,1-2H3. The summed E-state index contributed by atoms with van der Waals surface area (Å²) in [6, 6.07) is 10.1. The molecule has 3 nitrogen and oxygen atoms in total. The van der Waals surface area contributed by atoms with Crippen LogP contribution in [0, 0.1) is 6.92 Å². The van der Waals surface area contributed by atoms with Crippen molar-refractivity contribution in [1.29, 1.82) is 0 Å². The highest BCUT2D eigenvalue weighted by Gasteiger charge is 2.07. The molecule has 0 N–H and O–H groups in total. The summed E-state index contributed by atoms with van der Waals surface area (Å²) >= 11 is 1.42. The molecule has 0 amide bonds. The number of fused-ring (bicyclic) bond motifs is 1. The molecule has 2 rings (SSSR count). The fourth-order valence-electron chi connectivity index (χ4n) is 1.68. The number of rotatable bonds is 4. The molecule has 0 saturated heterocycles. The molecule has 0 radical (unpaired) electrons. The molecule has 0 fully saturated rings. The minimum Gasteiger partial charge on any atom is -0.465 e. The SMILES string of the molecule is CCOC(=O)CSc1nc2ccccc2cc1C. The van der Waals surface area contributed by atoms with E-state index in [1.54, 1.807) is 0 Å². The molecular formula is C14H15NO2S. The molecule has 0 saturated carbocycles. The number of esters is 1. The zero-order valence-corrected chi connectivity index (χ0v) is 11.3. The van der Waals surface area contributed by atoms with Crippen molar-refractivity contribution in [2.24, 2.45) is 0 Å². The minimum absolute atomic E-state index is 0.197. The Morgan fingerprint density at radius 3 is 2.94 bits per heavy atom. The molecule has 0 aliphatic rings. The number of benzene rings is 1. The summed E-state index contributed by atoms with van der Waals surface area (Å²) in [4.78, 5) is 15.9. The molecular weight excluding hydrogens is 246 g/mol. The van der Waals surface area contributed by atoms with Gasteiger partial charge in [0.05, 0.1) is 17.9 Å². The second-order valence-electron chi connectivity index (χ2n) is 3.90. The molecule has 0 bridgehead atoms. The zero-order chi connectivity index (χ0) is 13.0. The molecule has 2 aromatic rings. The number of aryl methyl sites for hydroxylation is 1. The minimum atomic E-state index is -0.197. The number of ether oxygens (including phenoxy) is 1. The van der Waals surface area contributed by atoms with Crippen molar-refractivity contribution in [2.75, 3.05) is 12.4 Å². The first-order chi connectivity index (χ1) is 8.70. The Morgan fingerprint density at radius 2 is 2.17 bits per heavy atom. The monoisotopic (exact) mass is 261 g/mol. The molecule has 0 unspecified atom stereocenters. The third-order valence-electron chi connectivity index (χ3n) is 2.50. The van der Waals surface area contributed by atoms with E-state index in [-0.39, 0.29) is 5.97 Å². The average molecular weight is 261 g/mol. The molecule has 18 heavy (non-hydrogen) atoms. The lowest BCUT2D eigenvalue weighted by molar-refractivity contribution is -0.139. The van der Waals surface area contributed by atoms with E-state index in [0.717, 1.165) is 21.5 Å². The highest BCUT2D eigenvalue weighted by atomic mass is 32.2. The number of aromatic nitrogens is 1. The lowest BCUT2D eigenvalue weighted by Gasteiger charge is -2.06. The largest absolute Gasteiger partial charge is 0.465 e. The molecule has 0 spiro atoms. The summed E-state index contributed by atoms with van der Waals surface area (Å²) in [5, 5.41) is 2.01. The van der Waals surface area contributed by atoms with E-state index in [9.17, 15) is 4.79 Å². The Kier molecular flexibility index (Phi) is 4.20. The van der Waals surface area contributed by atoms with Crippen LogP contribution >= 0.6 is 11.8 Å². The van der Waals surface area contributed by atoms with Gasteiger partial charge in [0.2, 0.25) is 0 Å². The maximum absolute atomic E-state index is 11.3. The van der Waals surface area contributed by atoms with Crippen LogP contribution in [-0.4, -0.2) is 23.3 Å². The van der Waals surface area contributed by atoms with Crippen LogP contribution in [0.15, 0.2) is 35.4 Å². The number of pyridine rings is 1. The van der Waals surface area contributed by atoms with Gasteiger partial charge in [0.1, 0.15) is 5.03 Å². The van der Waals surface area contributed by atoms with Crippen molar-refractivity contribution >= 4 is 28.6 Å². The van der Waals surface area contributed by atoms with Crippen molar-refractivity contribution in [3.8, 4) is 0 Å². The van der Waals surface area contributed by atoms with E-state index in [1.165, 1.54) is 11.8 Å². The van der Waals surface area contributed by atoms with Gasteiger partial charge in [-0.2, -0.15) is 0 Å². The van der Waals surface area contributed by atoms with Crippen molar-refractivity contribution < 1.29 is 9.53 Å². The van der Waals surface area contributed by atoms with Crippen LogP contribution in [0.25, 0.3) is 10.9 Å². The highest BCUT2D eigenvalue weighted by Crippen LogP contribution is 2.24. The van der Waals surface area contributed by atoms with Crippen LogP contribution in [0.5, 0.6) is 0 Å². The van der Waals surface area contributed by atoms with Crippen LogP contribution in [0.3, 0.4) is 0 Å². The van der Waals surface area contributed by atoms with Crippen molar-refractivity contribution in [3.05, 3.63) is 35.9 Å². The summed E-state index contributed by atoms with van der Waals surface area (Å²) < 4.78 is 4.90. The lowest BCUT2D eigenvalue weighted by Crippen LogP contribution is -2.07. The van der Waals surface area contributed by atoms with Gasteiger partial charge in [0.15, 0.2) is 0 Å². The number of hydrogen-bond acceptors (Lipinski definition) is 4. The van der Waals surface area contributed by atoms with Gasteiger partial charge in [0, 0.05) is 5.39 Å². The van der Waals surface area contributed by atoms with Crippen LogP contribution in [0.4, 0.5) is 0 Å². The first-order valence-electron chi connectivity index (χ1n) is 5.85. The molecule has 0 aliphatic carbocycles. The van der Waals surface area contributed by atoms with Gasteiger partial charge >= 0.3 is 5.97 Å². The summed E-state index contributed by atoms with van der Waals surface area (Å²) in [6.07, 6.45) is 0. The number of hydrogen-bond donors (Lipinski definition) is 0. The molecule has 94 valence electrons. The first-order valence-corrected chi connectivity index (χ1v) is 6.84. The number of nitrogens with zero attached hydrogens (tertiary/aromatic N) is 1. The Morgan fingerprint density at radius 1 is 1.39 bits per heavy atom. The quantitative estimate of drug-likeness (QED) is 0.626. The van der Waals surface area contributed by atoms with E-state index < -0.39 is 0 Å². The number of carbonyl (C=O) groups is 1. The Hall–Kier alpha value is -1.55. The van der Waals surface area contributed by atoms with Gasteiger partial charge in [0.25, 0.3) is 0 Å². The van der Waals surface area contributed by atoms with E-state index in [2.05, 4.69) is 11.1 Å². The van der Waals surface area contributed by atoms with Crippen LogP contribution in [-0.2, 0) is 9.53 Å². The van der Waals surface area contributed by atoms with Gasteiger partial charge in [-0.3, -0.25) is 4.79 Å². The maximum Gasteiger partial charge on any atom is 0.316 e. The second-order valence-corrected chi connectivity index (χ2v) is 4.86. The first kappa shape index (κ1) is 12.9. The van der Waals surface area contributed by atoms with E-state index in [0.29, 0.717) is 12.4 Å². The van der Waals surface area contributed by atoms with Gasteiger partial charge in [-0.1, -0.05) is 30.0 Å². The van der Waals surface area contributed by atoms with E-state index in [1.807, 2.05) is 38.1 Å². The van der Waals surface area contributed by atoms with Gasteiger partial charge in [-0.25, -0.2) is 4.98 Å². The smallest absolute Gasteiger partial charge is 0.316 e. The van der Waals surface area contributed by atoms with E-state index in [4.69, 9.17) is 4.74 Å². The fraction of sp³-hybridized carbons (Fsp3) is 0.286. The third kappa shape index (κ3) is 3.01. The van der Waals surface area contributed by atoms with Crippen molar-refractivity contribution in [2.45, 2.75) is 18.9 Å². The fourth-order valence-corrected chi connectivity index (χ4v) is 2.47. The maximum atomic E-state index is 11.3. The molecule has 4 heteroatoms. The zero-order valence-electron chi connectivity index (χ0n) is 10.5. The molecule has 0 aliphatic heterocycles. The summed E-state index contributed by atoms with van der Waals surface area (Å²) in [5.41, 5.74) is 2.04. The summed E-state index contributed by atoms with van der Waals surface area (Å²) in [6.45, 7) is 4.23. The summed E-state index contributed by atoms with van der Waals surface area (Å²) in [7, 11) is 0. The average Bonchev–Trinajstić information content (AvgIpc) is 2.36. The van der Waals surface area contributed by atoms with Crippen LogP contribution in [0.1, 0.15) is 12.5 Å². The van der Waals surface area contributed by atoms with Crippen LogP contribution < -0.4 is 0 Å². The molecule has 0 atom stereocenters. The molecule has 1 heterocycles. The topological polar surface area (TPSA) is 39.2 Å². The number of thioether (sulfide) groups is 1. The van der Waals surface area contributed by atoms with E-state index >= 15 is 0 Å². The van der Waals surface area contributed by atoms with Crippen molar-refractivity contribution in [3.63, 3.8) is 0 Å². The lowest BCUT2D eigenvalue weighted by atomic mass is 10.2. The van der Waals surface area contributed by atoms with Gasteiger partial charge in [-0.15, -0.1) is 0 Å². The van der Waals surface area contributed by atoms with Crippen LogP contribution in [0.2, 0.25) is 0 Å². The Labute approximate surface area is 111 Å². The normalized spacial score (nSPS) is 10.6. The second kappa shape index (κ2) is 5.87. The predicted octanol–water partition coefficient (Wildman–Crippen LogP) is 3.20. The molecule has 1 aromatic heterocycles. The summed E-state index contributed by atoms with van der Waals surface area (Å²) in [5.74, 6) is 0.108. The van der Waals surface area contributed by atoms with Gasteiger partial charge in [-0.05, 0) is 31.5 Å². The Balaban J connectivity index is 2.17. The van der Waals surface area contributed by atoms with Crippen molar-refractivity contribution in [1.82, 2.24) is 4.98 Å². The Bertz CT molecular complexity index is 569. The molecule has 1 aromatic carbocycles. The predicted molar refractivity (Wildman–Crippen MR) is 73.8 cm³/mol.